The van der Waals surface area contributed by atoms with Crippen molar-refractivity contribution in [2.75, 3.05) is 5.73 Å². The first-order valence-corrected chi connectivity index (χ1v) is 6.81. The minimum atomic E-state index is -1.29. The van der Waals surface area contributed by atoms with Gasteiger partial charge in [-0.2, -0.15) is 0 Å². The van der Waals surface area contributed by atoms with Crippen LogP contribution in [0, 0.1) is 24.4 Å². The second-order valence-electron chi connectivity index (χ2n) is 4.93. The van der Waals surface area contributed by atoms with Crippen molar-refractivity contribution in [2.45, 2.75) is 6.92 Å². The number of hydrogen-bond acceptors (Lipinski definition) is 3. The number of rotatable bonds is 1. The smallest absolute Gasteiger partial charge is 0.189 e. The van der Waals surface area contributed by atoms with E-state index in [1.807, 2.05) is 0 Å². The number of hydrogen-bond donors (Lipinski definition) is 1. The lowest BCUT2D eigenvalue weighted by atomic mass is 10.1. The molecule has 0 aliphatic carbocycles. The van der Waals surface area contributed by atoms with E-state index >= 15 is 0 Å². The number of aromatic nitrogens is 2. The molecule has 0 fully saturated rings. The standard InChI is InChI=1S/C15H9ClF3N3O/c1-6-4-9(18)14(20)21-15(6)22-3-2-10(23)7-5-8(17)12(19)11(16)13(7)22/h2-5H,1H3,(H2,20,21). The highest BCUT2D eigenvalue weighted by molar-refractivity contribution is 6.35. The fourth-order valence-corrected chi connectivity index (χ4v) is 2.60. The largest absolute Gasteiger partial charge is 0.381 e. The summed E-state index contributed by atoms with van der Waals surface area (Å²) >= 11 is 5.87. The van der Waals surface area contributed by atoms with Crippen molar-refractivity contribution in [3.05, 3.63) is 62.7 Å². The molecule has 0 spiro atoms. The Hall–Kier alpha value is -2.54. The predicted molar refractivity (Wildman–Crippen MR) is 81.4 cm³/mol. The molecule has 1 aromatic carbocycles. The Morgan fingerprint density at radius 2 is 1.91 bits per heavy atom. The predicted octanol–water partition coefficient (Wildman–Crippen LogP) is 3.35. The number of pyridine rings is 2. The first-order valence-electron chi connectivity index (χ1n) is 6.43. The van der Waals surface area contributed by atoms with Gasteiger partial charge >= 0.3 is 0 Å². The topological polar surface area (TPSA) is 60.9 Å². The van der Waals surface area contributed by atoms with Crippen molar-refractivity contribution >= 4 is 28.3 Å². The molecule has 4 nitrogen and oxygen atoms in total. The number of halogens is 4. The molecular formula is C15H9ClF3N3O. The van der Waals surface area contributed by atoms with Gasteiger partial charge in [0.1, 0.15) is 10.8 Å². The van der Waals surface area contributed by atoms with Gasteiger partial charge in [-0.3, -0.25) is 9.36 Å². The minimum Gasteiger partial charge on any atom is -0.381 e. The third-order valence-corrected chi connectivity index (χ3v) is 3.76. The van der Waals surface area contributed by atoms with Crippen molar-refractivity contribution in [3.63, 3.8) is 0 Å². The Bertz CT molecular complexity index is 1020. The molecule has 0 saturated heterocycles. The van der Waals surface area contributed by atoms with Gasteiger partial charge in [-0.1, -0.05) is 11.6 Å². The summed E-state index contributed by atoms with van der Waals surface area (Å²) in [6.07, 6.45) is 1.29. The summed E-state index contributed by atoms with van der Waals surface area (Å²) in [4.78, 5) is 15.8. The van der Waals surface area contributed by atoms with E-state index in [4.69, 9.17) is 17.3 Å². The summed E-state index contributed by atoms with van der Waals surface area (Å²) < 4.78 is 42.1. The molecule has 3 aromatic rings. The van der Waals surface area contributed by atoms with Gasteiger partial charge in [-0.05, 0) is 24.6 Å². The zero-order valence-corrected chi connectivity index (χ0v) is 12.5. The number of fused-ring (bicyclic) bond motifs is 1. The lowest BCUT2D eigenvalue weighted by Crippen LogP contribution is -2.12. The third-order valence-electron chi connectivity index (χ3n) is 3.41. The van der Waals surface area contributed by atoms with Gasteiger partial charge in [0.25, 0.3) is 0 Å². The summed E-state index contributed by atoms with van der Waals surface area (Å²) in [6, 6.07) is 3.06. The fraction of sp³-hybridized carbons (Fsp3) is 0.0667. The van der Waals surface area contributed by atoms with Gasteiger partial charge in [-0.15, -0.1) is 0 Å². The summed E-state index contributed by atoms with van der Waals surface area (Å²) in [5, 5.41) is -0.692. The van der Waals surface area contributed by atoms with Crippen molar-refractivity contribution in [1.82, 2.24) is 9.55 Å². The maximum Gasteiger partial charge on any atom is 0.189 e. The molecule has 118 valence electrons. The van der Waals surface area contributed by atoms with Gasteiger partial charge in [0.05, 0.1) is 10.9 Å². The molecule has 2 aromatic heterocycles. The van der Waals surface area contributed by atoms with Crippen LogP contribution in [0.3, 0.4) is 0 Å². The second-order valence-corrected chi connectivity index (χ2v) is 5.31. The van der Waals surface area contributed by atoms with Gasteiger partial charge in [0.2, 0.25) is 0 Å². The molecule has 0 aliphatic heterocycles. The lowest BCUT2D eigenvalue weighted by Gasteiger charge is -2.14. The van der Waals surface area contributed by atoms with Crippen LogP contribution in [0.4, 0.5) is 19.0 Å². The second kappa shape index (κ2) is 5.27. The van der Waals surface area contributed by atoms with Gasteiger partial charge < -0.3 is 5.73 Å². The monoisotopic (exact) mass is 339 g/mol. The van der Waals surface area contributed by atoms with E-state index in [9.17, 15) is 18.0 Å². The Kier molecular flexibility index (Phi) is 3.52. The van der Waals surface area contributed by atoms with E-state index in [0.29, 0.717) is 5.56 Å². The Labute approximate surface area is 132 Å². The highest BCUT2D eigenvalue weighted by atomic mass is 35.5. The molecule has 2 N–H and O–H groups in total. The molecule has 0 unspecified atom stereocenters. The van der Waals surface area contributed by atoms with Crippen LogP contribution in [-0.4, -0.2) is 9.55 Å². The van der Waals surface area contributed by atoms with Gasteiger partial charge in [0.15, 0.2) is 28.7 Å². The summed E-state index contributed by atoms with van der Waals surface area (Å²) in [5.41, 5.74) is 5.23. The number of nitrogen functional groups attached to an aromatic ring is 1. The van der Waals surface area contributed by atoms with E-state index in [-0.39, 0.29) is 22.5 Å². The number of nitrogens with zero attached hydrogens (tertiary/aromatic N) is 2. The van der Waals surface area contributed by atoms with E-state index in [0.717, 1.165) is 18.2 Å². The molecule has 23 heavy (non-hydrogen) atoms. The summed E-state index contributed by atoms with van der Waals surface area (Å²) in [6.45, 7) is 1.56. The van der Waals surface area contributed by atoms with Gasteiger partial charge in [0, 0.05) is 12.3 Å². The van der Waals surface area contributed by atoms with E-state index < -0.39 is 27.9 Å². The SMILES string of the molecule is Cc1cc(F)c(N)nc1-n1ccc(=O)c2cc(F)c(F)c(Cl)c21. The molecule has 0 amide bonds. The Morgan fingerprint density at radius 1 is 1.22 bits per heavy atom. The van der Waals surface area contributed by atoms with Crippen LogP contribution in [-0.2, 0) is 0 Å². The number of aryl methyl sites for hydroxylation is 1. The molecule has 3 rings (SSSR count). The number of benzene rings is 1. The maximum atomic E-state index is 13.8. The first kappa shape index (κ1) is 15.4. The van der Waals surface area contributed by atoms with Crippen molar-refractivity contribution in [2.24, 2.45) is 0 Å². The molecular weight excluding hydrogens is 331 g/mol. The maximum absolute atomic E-state index is 13.8. The van der Waals surface area contributed by atoms with Crippen LogP contribution >= 0.6 is 11.6 Å². The number of nitrogens with two attached hydrogens (primary N) is 1. The molecule has 0 atom stereocenters. The molecule has 0 aliphatic rings. The highest BCUT2D eigenvalue weighted by Gasteiger charge is 2.18. The minimum absolute atomic E-state index is 0.0697. The quantitative estimate of drug-likeness (QED) is 0.692. The van der Waals surface area contributed by atoms with E-state index in [1.54, 1.807) is 6.92 Å². The molecule has 0 radical (unpaired) electrons. The van der Waals surface area contributed by atoms with Crippen molar-refractivity contribution in [3.8, 4) is 5.82 Å². The van der Waals surface area contributed by atoms with Crippen LogP contribution in [0.1, 0.15) is 5.56 Å². The van der Waals surface area contributed by atoms with Crippen LogP contribution in [0.25, 0.3) is 16.7 Å². The van der Waals surface area contributed by atoms with Crippen LogP contribution in [0.2, 0.25) is 5.02 Å². The normalized spacial score (nSPS) is 11.2. The zero-order valence-electron chi connectivity index (χ0n) is 11.7. The Balaban J connectivity index is 2.49. The third kappa shape index (κ3) is 2.33. The summed E-state index contributed by atoms with van der Waals surface area (Å²) in [7, 11) is 0. The Morgan fingerprint density at radius 3 is 2.61 bits per heavy atom. The zero-order chi connectivity index (χ0) is 16.9. The van der Waals surface area contributed by atoms with E-state index in [1.165, 1.54) is 10.8 Å². The van der Waals surface area contributed by atoms with Gasteiger partial charge in [-0.25, -0.2) is 18.2 Å². The van der Waals surface area contributed by atoms with Crippen LogP contribution in [0.5, 0.6) is 0 Å². The van der Waals surface area contributed by atoms with Crippen LogP contribution in [0.15, 0.2) is 29.2 Å². The molecule has 0 saturated carbocycles. The number of anilines is 1. The lowest BCUT2D eigenvalue weighted by molar-refractivity contribution is 0.510. The molecule has 2 heterocycles. The van der Waals surface area contributed by atoms with Crippen molar-refractivity contribution < 1.29 is 13.2 Å². The highest BCUT2D eigenvalue weighted by Crippen LogP contribution is 2.29. The fourth-order valence-electron chi connectivity index (χ4n) is 2.32. The van der Waals surface area contributed by atoms with Crippen molar-refractivity contribution in [1.29, 1.82) is 0 Å². The molecule has 8 heteroatoms. The summed E-state index contributed by atoms with van der Waals surface area (Å²) in [5.74, 6) is -3.44. The first-order chi connectivity index (χ1) is 10.8. The average Bonchev–Trinajstić information content (AvgIpc) is 2.50. The molecule has 0 bridgehead atoms. The average molecular weight is 340 g/mol. The van der Waals surface area contributed by atoms with E-state index in [2.05, 4.69) is 4.98 Å². The van der Waals surface area contributed by atoms with Crippen LogP contribution < -0.4 is 11.2 Å².